The van der Waals surface area contributed by atoms with E-state index >= 15 is 0 Å². The summed E-state index contributed by atoms with van der Waals surface area (Å²) in [7, 11) is 0. The Kier molecular flexibility index (Phi) is 5.34. The van der Waals surface area contributed by atoms with Crippen LogP contribution in [0.4, 0.5) is 4.39 Å². The summed E-state index contributed by atoms with van der Waals surface area (Å²) in [6.45, 7) is 4.50. The third-order valence-electron chi connectivity index (χ3n) is 2.56. The zero-order chi connectivity index (χ0) is 13.5. The average Bonchev–Trinajstić information content (AvgIpc) is 2.37. The number of halogens is 1. The number of benzene rings is 1. The topological polar surface area (TPSA) is 40.5 Å². The highest BCUT2D eigenvalue weighted by Crippen LogP contribution is 2.12. The molecule has 0 radical (unpaired) electrons. The first kappa shape index (κ1) is 14.2. The molecule has 0 unspecified atom stereocenters. The van der Waals surface area contributed by atoms with Crippen LogP contribution < -0.4 is 0 Å². The minimum Gasteiger partial charge on any atom is -0.384 e. The van der Waals surface area contributed by atoms with Crippen LogP contribution >= 0.6 is 0 Å². The molecule has 0 fully saturated rings. The molecule has 0 saturated heterocycles. The van der Waals surface area contributed by atoms with Gasteiger partial charge in [-0.1, -0.05) is 11.8 Å². The molecule has 1 aromatic carbocycles. The summed E-state index contributed by atoms with van der Waals surface area (Å²) in [5.41, 5.74) is 0.492. The molecule has 0 spiro atoms. The first-order valence-electron chi connectivity index (χ1n) is 5.82. The maximum atomic E-state index is 13.8. The van der Waals surface area contributed by atoms with E-state index in [0.717, 1.165) is 0 Å². The van der Waals surface area contributed by atoms with Gasteiger partial charge in [-0.2, -0.15) is 0 Å². The summed E-state index contributed by atoms with van der Waals surface area (Å²) in [5.74, 6) is 4.12. The second kappa shape index (κ2) is 6.77. The number of nitrogens with zero attached hydrogens (tertiary/aromatic N) is 1. The summed E-state index contributed by atoms with van der Waals surface area (Å²) in [5, 5.41) is 8.55. The van der Waals surface area contributed by atoms with Crippen molar-refractivity contribution in [2.45, 2.75) is 13.8 Å². The molecule has 0 aliphatic heterocycles. The fourth-order valence-corrected chi connectivity index (χ4v) is 1.59. The molecule has 0 atom stereocenters. The van der Waals surface area contributed by atoms with Gasteiger partial charge < -0.3 is 10.0 Å². The molecule has 18 heavy (non-hydrogen) atoms. The summed E-state index contributed by atoms with van der Waals surface area (Å²) in [6, 6.07) is 4.21. The summed E-state index contributed by atoms with van der Waals surface area (Å²) >= 11 is 0. The Balaban J connectivity index is 3.02. The van der Waals surface area contributed by atoms with Crippen LogP contribution in [0.3, 0.4) is 0 Å². The lowest BCUT2D eigenvalue weighted by Crippen LogP contribution is -2.31. The van der Waals surface area contributed by atoms with Crippen LogP contribution in [0, 0.1) is 17.7 Å². The monoisotopic (exact) mass is 249 g/mol. The molecule has 0 aliphatic carbocycles. The van der Waals surface area contributed by atoms with Crippen molar-refractivity contribution in [2.24, 2.45) is 0 Å². The Hall–Kier alpha value is -1.86. The van der Waals surface area contributed by atoms with E-state index < -0.39 is 5.82 Å². The van der Waals surface area contributed by atoms with Gasteiger partial charge in [0, 0.05) is 18.7 Å². The lowest BCUT2D eigenvalue weighted by molar-refractivity contribution is 0.0768. The molecular formula is C14H16FNO2. The lowest BCUT2D eigenvalue weighted by Gasteiger charge is -2.18. The van der Waals surface area contributed by atoms with Crippen molar-refractivity contribution in [1.29, 1.82) is 0 Å². The van der Waals surface area contributed by atoms with Crippen molar-refractivity contribution in [3.63, 3.8) is 0 Å². The van der Waals surface area contributed by atoms with Crippen LogP contribution in [0.5, 0.6) is 0 Å². The predicted molar refractivity (Wildman–Crippen MR) is 67.6 cm³/mol. The molecule has 0 heterocycles. The Morgan fingerprint density at radius 3 is 2.56 bits per heavy atom. The molecule has 1 N–H and O–H groups in total. The quantitative estimate of drug-likeness (QED) is 0.827. The van der Waals surface area contributed by atoms with Crippen molar-refractivity contribution in [1.82, 2.24) is 4.90 Å². The molecule has 96 valence electrons. The first-order chi connectivity index (χ1) is 8.63. The van der Waals surface area contributed by atoms with Gasteiger partial charge in [0.1, 0.15) is 12.4 Å². The highest BCUT2D eigenvalue weighted by molar-refractivity contribution is 5.94. The normalized spacial score (nSPS) is 9.56. The Morgan fingerprint density at radius 1 is 1.39 bits per heavy atom. The van der Waals surface area contributed by atoms with E-state index in [9.17, 15) is 9.18 Å². The Bertz CT molecular complexity index is 484. The van der Waals surface area contributed by atoms with Crippen LogP contribution in [0.25, 0.3) is 0 Å². The molecule has 0 bridgehead atoms. The van der Waals surface area contributed by atoms with Crippen LogP contribution in [-0.4, -0.2) is 35.6 Å². The molecule has 0 aromatic heterocycles. The van der Waals surface area contributed by atoms with Crippen LogP contribution in [0.1, 0.15) is 29.8 Å². The minimum absolute atomic E-state index is 0.0493. The third-order valence-corrected chi connectivity index (χ3v) is 2.56. The van der Waals surface area contributed by atoms with Gasteiger partial charge in [-0.25, -0.2) is 4.39 Å². The van der Waals surface area contributed by atoms with E-state index in [1.807, 2.05) is 13.8 Å². The minimum atomic E-state index is -0.586. The molecule has 3 nitrogen and oxygen atoms in total. The number of aliphatic hydroxyl groups is 1. The number of rotatable bonds is 3. The predicted octanol–water partition coefficient (Wildman–Crippen LogP) is 1.65. The Morgan fingerprint density at radius 2 is 2.06 bits per heavy atom. The third kappa shape index (κ3) is 3.31. The fraction of sp³-hybridized carbons (Fsp3) is 0.357. The van der Waals surface area contributed by atoms with Gasteiger partial charge in [0.05, 0.1) is 5.56 Å². The number of aliphatic hydroxyl groups excluding tert-OH is 1. The highest BCUT2D eigenvalue weighted by atomic mass is 19.1. The number of carbonyl (C=O) groups excluding carboxylic acids is 1. The van der Waals surface area contributed by atoms with Gasteiger partial charge in [0.15, 0.2) is 0 Å². The summed E-state index contributed by atoms with van der Waals surface area (Å²) in [6.07, 6.45) is 0. The van der Waals surface area contributed by atoms with Crippen molar-refractivity contribution in [3.8, 4) is 11.8 Å². The number of carbonyl (C=O) groups is 1. The van der Waals surface area contributed by atoms with E-state index in [0.29, 0.717) is 18.7 Å². The van der Waals surface area contributed by atoms with Crippen LogP contribution in [0.15, 0.2) is 18.2 Å². The molecule has 1 amide bonds. The molecule has 4 heteroatoms. The zero-order valence-electron chi connectivity index (χ0n) is 10.5. The molecule has 0 saturated carbocycles. The molecule has 0 aliphatic rings. The van der Waals surface area contributed by atoms with Gasteiger partial charge in [0.25, 0.3) is 5.91 Å². The van der Waals surface area contributed by atoms with Crippen LogP contribution in [-0.2, 0) is 0 Å². The van der Waals surface area contributed by atoms with Crippen molar-refractivity contribution in [3.05, 3.63) is 35.1 Å². The maximum absolute atomic E-state index is 13.8. The first-order valence-corrected chi connectivity index (χ1v) is 5.82. The van der Waals surface area contributed by atoms with Gasteiger partial charge in [0.2, 0.25) is 0 Å². The van der Waals surface area contributed by atoms with Crippen molar-refractivity contribution in [2.75, 3.05) is 19.7 Å². The lowest BCUT2D eigenvalue weighted by atomic mass is 10.1. The number of amides is 1. The van der Waals surface area contributed by atoms with Gasteiger partial charge in [-0.15, -0.1) is 0 Å². The van der Waals surface area contributed by atoms with Gasteiger partial charge in [-0.3, -0.25) is 4.79 Å². The second-order valence-corrected chi connectivity index (χ2v) is 3.63. The van der Waals surface area contributed by atoms with Gasteiger partial charge >= 0.3 is 0 Å². The fourth-order valence-electron chi connectivity index (χ4n) is 1.59. The standard InChI is InChI=1S/C14H16FNO2/c1-3-16(4-2)14(18)12-8-7-11(6-5-9-17)10-13(12)15/h7-8,10,17H,3-4,9H2,1-2H3. The highest BCUT2D eigenvalue weighted by Gasteiger charge is 2.16. The smallest absolute Gasteiger partial charge is 0.256 e. The zero-order valence-corrected chi connectivity index (χ0v) is 10.5. The molecule has 1 rings (SSSR count). The summed E-state index contributed by atoms with van der Waals surface area (Å²) in [4.78, 5) is 13.5. The SMILES string of the molecule is CCN(CC)C(=O)c1ccc(C#CCO)cc1F. The van der Waals surface area contributed by atoms with Crippen molar-refractivity contribution >= 4 is 5.91 Å². The van der Waals surface area contributed by atoms with E-state index in [1.54, 1.807) is 11.0 Å². The summed E-state index contributed by atoms with van der Waals surface area (Å²) < 4.78 is 13.8. The largest absolute Gasteiger partial charge is 0.384 e. The molecular weight excluding hydrogens is 233 g/mol. The Labute approximate surface area is 106 Å². The number of hydrogen-bond acceptors (Lipinski definition) is 2. The van der Waals surface area contributed by atoms with E-state index in [-0.39, 0.29) is 18.1 Å². The number of hydrogen-bond donors (Lipinski definition) is 1. The average molecular weight is 249 g/mol. The van der Waals surface area contributed by atoms with E-state index in [1.165, 1.54) is 12.1 Å². The van der Waals surface area contributed by atoms with E-state index in [2.05, 4.69) is 11.8 Å². The van der Waals surface area contributed by atoms with Crippen LogP contribution in [0.2, 0.25) is 0 Å². The molecule has 1 aromatic rings. The second-order valence-electron chi connectivity index (χ2n) is 3.63. The van der Waals surface area contributed by atoms with E-state index in [4.69, 9.17) is 5.11 Å². The van der Waals surface area contributed by atoms with Gasteiger partial charge in [-0.05, 0) is 32.0 Å². The van der Waals surface area contributed by atoms with Crippen molar-refractivity contribution < 1.29 is 14.3 Å². The maximum Gasteiger partial charge on any atom is 0.256 e.